The van der Waals surface area contributed by atoms with Gasteiger partial charge in [0.2, 0.25) is 5.91 Å². The number of nitrogens with zero attached hydrogens (tertiary/aromatic N) is 1. The van der Waals surface area contributed by atoms with Crippen molar-refractivity contribution in [1.29, 1.82) is 5.26 Å². The predicted molar refractivity (Wildman–Crippen MR) is 58.1 cm³/mol. The molecule has 0 aliphatic heterocycles. The SMILES string of the molecule is CCC(Nc1ccccc1C#N)C(N)=O. The lowest BCUT2D eigenvalue weighted by Crippen LogP contribution is -2.34. The number of amides is 1. The zero-order chi connectivity index (χ0) is 11.3. The Morgan fingerprint density at radius 2 is 2.27 bits per heavy atom. The summed E-state index contributed by atoms with van der Waals surface area (Å²) in [4.78, 5) is 11.0. The molecule has 1 atom stereocenters. The summed E-state index contributed by atoms with van der Waals surface area (Å²) in [6.07, 6.45) is 0.592. The average Bonchev–Trinajstić information content (AvgIpc) is 2.25. The molecule has 0 fully saturated rings. The third kappa shape index (κ3) is 2.71. The van der Waals surface area contributed by atoms with Gasteiger partial charge in [0.05, 0.1) is 11.3 Å². The summed E-state index contributed by atoms with van der Waals surface area (Å²) < 4.78 is 0. The van der Waals surface area contributed by atoms with Crippen LogP contribution in [0.25, 0.3) is 0 Å². The van der Waals surface area contributed by atoms with Gasteiger partial charge in [-0.05, 0) is 18.6 Å². The molecule has 78 valence electrons. The molecule has 0 heterocycles. The second-order valence-corrected chi connectivity index (χ2v) is 3.16. The molecule has 0 aliphatic rings. The van der Waals surface area contributed by atoms with Gasteiger partial charge in [-0.25, -0.2) is 0 Å². The van der Waals surface area contributed by atoms with Crippen LogP contribution >= 0.6 is 0 Å². The molecule has 4 heteroatoms. The van der Waals surface area contributed by atoms with Crippen LogP contribution in [0, 0.1) is 11.3 Å². The Morgan fingerprint density at radius 1 is 1.60 bits per heavy atom. The summed E-state index contributed by atoms with van der Waals surface area (Å²) >= 11 is 0. The minimum atomic E-state index is -0.431. The first-order chi connectivity index (χ1) is 7.19. The molecule has 4 nitrogen and oxygen atoms in total. The number of nitrogens with two attached hydrogens (primary N) is 1. The molecule has 1 aromatic rings. The highest BCUT2D eigenvalue weighted by molar-refractivity contribution is 5.83. The standard InChI is InChI=1S/C11H13N3O/c1-2-9(11(13)15)14-10-6-4-3-5-8(10)7-12/h3-6,9,14H,2H2,1H3,(H2,13,15). The maximum Gasteiger partial charge on any atom is 0.239 e. The quantitative estimate of drug-likeness (QED) is 0.772. The fraction of sp³-hybridized carbons (Fsp3) is 0.273. The highest BCUT2D eigenvalue weighted by atomic mass is 16.1. The Hall–Kier alpha value is -2.02. The van der Waals surface area contributed by atoms with Crippen LogP contribution in [0.2, 0.25) is 0 Å². The summed E-state index contributed by atoms with van der Waals surface area (Å²) in [6.45, 7) is 1.86. The zero-order valence-corrected chi connectivity index (χ0v) is 8.53. The average molecular weight is 203 g/mol. The van der Waals surface area contributed by atoms with E-state index in [0.717, 1.165) is 0 Å². The van der Waals surface area contributed by atoms with Crippen LogP contribution in [0.3, 0.4) is 0 Å². The molecule has 0 aromatic heterocycles. The van der Waals surface area contributed by atoms with E-state index in [1.54, 1.807) is 24.3 Å². The predicted octanol–water partition coefficient (Wildman–Crippen LogP) is 1.23. The lowest BCUT2D eigenvalue weighted by atomic mass is 10.1. The highest BCUT2D eigenvalue weighted by Gasteiger charge is 2.13. The fourth-order valence-electron chi connectivity index (χ4n) is 1.27. The molecule has 1 aromatic carbocycles. The molecule has 1 unspecified atom stereocenters. The zero-order valence-electron chi connectivity index (χ0n) is 8.53. The molecule has 0 radical (unpaired) electrons. The molecule has 1 rings (SSSR count). The van der Waals surface area contributed by atoms with Crippen LogP contribution in [0.15, 0.2) is 24.3 Å². The van der Waals surface area contributed by atoms with Gasteiger partial charge in [-0.2, -0.15) is 5.26 Å². The Bertz CT molecular complexity index is 395. The molecule has 1 amide bonds. The van der Waals surface area contributed by atoms with Gasteiger partial charge >= 0.3 is 0 Å². The minimum absolute atomic E-state index is 0.412. The van der Waals surface area contributed by atoms with E-state index in [1.165, 1.54) is 0 Å². The molecular formula is C11H13N3O. The van der Waals surface area contributed by atoms with E-state index in [-0.39, 0.29) is 0 Å². The van der Waals surface area contributed by atoms with E-state index in [9.17, 15) is 4.79 Å². The Balaban J connectivity index is 2.89. The third-order valence-corrected chi connectivity index (χ3v) is 2.13. The third-order valence-electron chi connectivity index (χ3n) is 2.13. The van der Waals surface area contributed by atoms with E-state index < -0.39 is 11.9 Å². The number of nitrogens with one attached hydrogen (secondary N) is 1. The first-order valence-electron chi connectivity index (χ1n) is 4.74. The number of para-hydroxylation sites is 1. The van der Waals surface area contributed by atoms with Crippen molar-refractivity contribution in [3.63, 3.8) is 0 Å². The molecule has 3 N–H and O–H groups in total. The van der Waals surface area contributed by atoms with Crippen LogP contribution < -0.4 is 11.1 Å². The fourth-order valence-corrected chi connectivity index (χ4v) is 1.27. The molecular weight excluding hydrogens is 190 g/mol. The summed E-state index contributed by atoms with van der Waals surface area (Å²) in [7, 11) is 0. The van der Waals surface area contributed by atoms with E-state index >= 15 is 0 Å². The minimum Gasteiger partial charge on any atom is -0.373 e. The van der Waals surface area contributed by atoms with Crippen LogP contribution in [0.1, 0.15) is 18.9 Å². The number of rotatable bonds is 4. The van der Waals surface area contributed by atoms with Crippen LogP contribution in [-0.4, -0.2) is 11.9 Å². The lowest BCUT2D eigenvalue weighted by Gasteiger charge is -2.15. The van der Waals surface area contributed by atoms with E-state index in [4.69, 9.17) is 11.0 Å². The van der Waals surface area contributed by atoms with Crippen LogP contribution in [0.5, 0.6) is 0 Å². The molecule has 0 bridgehead atoms. The number of primary amides is 1. The van der Waals surface area contributed by atoms with Crippen molar-refractivity contribution < 1.29 is 4.79 Å². The normalized spacial score (nSPS) is 11.5. The van der Waals surface area contributed by atoms with Gasteiger partial charge in [-0.15, -0.1) is 0 Å². The van der Waals surface area contributed by atoms with E-state index in [0.29, 0.717) is 17.7 Å². The molecule has 0 aliphatic carbocycles. The number of anilines is 1. The maximum atomic E-state index is 11.0. The molecule has 15 heavy (non-hydrogen) atoms. The number of nitriles is 1. The Labute approximate surface area is 88.7 Å². The first-order valence-corrected chi connectivity index (χ1v) is 4.74. The lowest BCUT2D eigenvalue weighted by molar-refractivity contribution is -0.118. The summed E-state index contributed by atoms with van der Waals surface area (Å²) in [5, 5.41) is 11.8. The van der Waals surface area contributed by atoms with E-state index in [2.05, 4.69) is 5.32 Å². The van der Waals surface area contributed by atoms with Gasteiger partial charge in [0.1, 0.15) is 12.1 Å². The number of carbonyl (C=O) groups is 1. The Kier molecular flexibility index (Phi) is 3.69. The number of carbonyl (C=O) groups excluding carboxylic acids is 1. The van der Waals surface area contributed by atoms with Gasteiger partial charge in [0.25, 0.3) is 0 Å². The van der Waals surface area contributed by atoms with Crippen molar-refractivity contribution in [3.8, 4) is 6.07 Å². The maximum absolute atomic E-state index is 11.0. The second-order valence-electron chi connectivity index (χ2n) is 3.16. The molecule has 0 spiro atoms. The number of benzene rings is 1. The van der Waals surface area contributed by atoms with Gasteiger partial charge in [0.15, 0.2) is 0 Å². The smallest absolute Gasteiger partial charge is 0.239 e. The number of hydrogen-bond acceptors (Lipinski definition) is 3. The van der Waals surface area contributed by atoms with Gasteiger partial charge in [-0.1, -0.05) is 19.1 Å². The van der Waals surface area contributed by atoms with Gasteiger partial charge in [0, 0.05) is 0 Å². The Morgan fingerprint density at radius 3 is 2.80 bits per heavy atom. The van der Waals surface area contributed by atoms with Crippen molar-refractivity contribution >= 4 is 11.6 Å². The largest absolute Gasteiger partial charge is 0.373 e. The van der Waals surface area contributed by atoms with Crippen molar-refractivity contribution in [3.05, 3.63) is 29.8 Å². The summed E-state index contributed by atoms with van der Waals surface area (Å²) in [6, 6.07) is 8.64. The van der Waals surface area contributed by atoms with Crippen LogP contribution in [0.4, 0.5) is 5.69 Å². The van der Waals surface area contributed by atoms with Crippen molar-refractivity contribution in [2.75, 3.05) is 5.32 Å². The van der Waals surface area contributed by atoms with Gasteiger partial charge < -0.3 is 11.1 Å². The van der Waals surface area contributed by atoms with Crippen molar-refractivity contribution in [2.24, 2.45) is 5.73 Å². The first kappa shape index (κ1) is 11.1. The molecule has 0 saturated carbocycles. The van der Waals surface area contributed by atoms with Gasteiger partial charge in [-0.3, -0.25) is 4.79 Å². The van der Waals surface area contributed by atoms with E-state index in [1.807, 2.05) is 13.0 Å². The van der Waals surface area contributed by atoms with Crippen LogP contribution in [-0.2, 0) is 4.79 Å². The van der Waals surface area contributed by atoms with Crippen molar-refractivity contribution in [1.82, 2.24) is 0 Å². The monoisotopic (exact) mass is 203 g/mol. The molecule has 0 saturated heterocycles. The van der Waals surface area contributed by atoms with Crippen molar-refractivity contribution in [2.45, 2.75) is 19.4 Å². The summed E-state index contributed by atoms with van der Waals surface area (Å²) in [5.41, 5.74) is 6.36. The second kappa shape index (κ2) is 5.01. The summed E-state index contributed by atoms with van der Waals surface area (Å²) in [5.74, 6) is -0.412. The topological polar surface area (TPSA) is 78.9 Å². The highest BCUT2D eigenvalue weighted by Crippen LogP contribution is 2.15. The number of hydrogen-bond donors (Lipinski definition) is 2.